The lowest BCUT2D eigenvalue weighted by Gasteiger charge is -2.40. The van der Waals surface area contributed by atoms with Crippen LogP contribution in [0.5, 0.6) is 5.75 Å². The first-order valence-electron chi connectivity index (χ1n) is 9.47. The molecule has 1 aromatic carbocycles. The number of benzene rings is 1. The van der Waals surface area contributed by atoms with Gasteiger partial charge in [0.25, 0.3) is 0 Å². The molecule has 26 heavy (non-hydrogen) atoms. The zero-order chi connectivity index (χ0) is 18.8. The summed E-state index contributed by atoms with van der Waals surface area (Å²) in [5.74, 6) is 0.798. The Morgan fingerprint density at radius 3 is 2.46 bits per heavy atom. The first kappa shape index (κ1) is 19.6. The minimum Gasteiger partial charge on any atom is -0.496 e. The molecule has 146 valence electrons. The summed E-state index contributed by atoms with van der Waals surface area (Å²) < 4.78 is 11.2. The van der Waals surface area contributed by atoms with Gasteiger partial charge in [0, 0.05) is 5.56 Å². The molecule has 1 aliphatic carbocycles. The van der Waals surface area contributed by atoms with Crippen molar-refractivity contribution in [2.75, 3.05) is 7.11 Å². The van der Waals surface area contributed by atoms with Gasteiger partial charge >= 0.3 is 0 Å². The Morgan fingerprint density at radius 1 is 1.04 bits per heavy atom. The molecule has 0 bridgehead atoms. The third-order valence-electron chi connectivity index (χ3n) is 5.82. The zero-order valence-corrected chi connectivity index (χ0v) is 15.4. The van der Waals surface area contributed by atoms with Gasteiger partial charge in [0.05, 0.1) is 19.3 Å². The maximum atomic E-state index is 10.4. The van der Waals surface area contributed by atoms with E-state index in [0.717, 1.165) is 37.7 Å². The number of aliphatic hydroxyl groups excluding tert-OH is 4. The fraction of sp³-hybridized carbons (Fsp3) is 0.700. The van der Waals surface area contributed by atoms with E-state index < -0.39 is 30.5 Å². The van der Waals surface area contributed by atoms with Gasteiger partial charge in [-0.25, -0.2) is 0 Å². The summed E-state index contributed by atoms with van der Waals surface area (Å²) in [6, 6.07) is 5.72. The van der Waals surface area contributed by atoms with Crippen LogP contribution in [0.2, 0.25) is 0 Å². The summed E-state index contributed by atoms with van der Waals surface area (Å²) in [6.45, 7) is 1.67. The first-order chi connectivity index (χ1) is 12.4. The second-order valence-electron chi connectivity index (χ2n) is 7.63. The van der Waals surface area contributed by atoms with Crippen LogP contribution in [0.3, 0.4) is 0 Å². The van der Waals surface area contributed by atoms with Crippen molar-refractivity contribution >= 4 is 0 Å². The Labute approximate surface area is 154 Å². The third kappa shape index (κ3) is 3.89. The predicted molar refractivity (Wildman–Crippen MR) is 96.0 cm³/mol. The molecule has 0 spiro atoms. The second kappa shape index (κ2) is 8.23. The van der Waals surface area contributed by atoms with Gasteiger partial charge in [-0.15, -0.1) is 0 Å². The molecule has 6 heteroatoms. The van der Waals surface area contributed by atoms with E-state index in [9.17, 15) is 20.4 Å². The Balaban J connectivity index is 1.85. The van der Waals surface area contributed by atoms with Gasteiger partial charge < -0.3 is 29.9 Å². The van der Waals surface area contributed by atoms with E-state index in [1.807, 2.05) is 18.2 Å². The Hall–Kier alpha value is -1.18. The largest absolute Gasteiger partial charge is 0.496 e. The minimum absolute atomic E-state index is 0.230. The normalized spacial score (nSPS) is 38.2. The van der Waals surface area contributed by atoms with Crippen molar-refractivity contribution in [3.63, 3.8) is 0 Å². The van der Waals surface area contributed by atoms with E-state index in [2.05, 4.69) is 0 Å². The standard InChI is InChI=1S/C20H30O6/c1-11-17(22)18(23)19(24)20(26-11)14-10-12(7-8-16(14)25-2)9-13-5-3-4-6-15(13)21/h7-8,10-11,13,15,17-24H,3-6,9H2,1-2H3/t11-,13?,15?,17+,18+,19-,20+/m0/s1. The average Bonchev–Trinajstić information content (AvgIpc) is 2.65. The van der Waals surface area contributed by atoms with Crippen molar-refractivity contribution in [1.29, 1.82) is 0 Å². The molecule has 0 aromatic heterocycles. The lowest BCUT2D eigenvalue weighted by Crippen LogP contribution is -2.53. The van der Waals surface area contributed by atoms with Crippen molar-refractivity contribution in [2.45, 2.75) is 75.7 Å². The number of ether oxygens (including phenoxy) is 2. The van der Waals surface area contributed by atoms with Gasteiger partial charge in [0.2, 0.25) is 0 Å². The zero-order valence-electron chi connectivity index (χ0n) is 15.4. The second-order valence-corrected chi connectivity index (χ2v) is 7.63. The summed E-state index contributed by atoms with van der Waals surface area (Å²) in [6.07, 6.45) is -0.503. The van der Waals surface area contributed by atoms with Crippen LogP contribution in [0.25, 0.3) is 0 Å². The van der Waals surface area contributed by atoms with E-state index in [4.69, 9.17) is 9.47 Å². The van der Waals surface area contributed by atoms with Crippen molar-refractivity contribution in [2.24, 2.45) is 5.92 Å². The van der Waals surface area contributed by atoms with E-state index in [-0.39, 0.29) is 12.0 Å². The van der Waals surface area contributed by atoms with E-state index in [1.54, 1.807) is 14.0 Å². The molecule has 2 unspecified atom stereocenters. The minimum atomic E-state index is -1.28. The smallest absolute Gasteiger partial charge is 0.124 e. The lowest BCUT2D eigenvalue weighted by molar-refractivity contribution is -0.219. The van der Waals surface area contributed by atoms with Crippen molar-refractivity contribution < 1.29 is 29.9 Å². The molecule has 3 rings (SSSR count). The van der Waals surface area contributed by atoms with Crippen LogP contribution in [0.1, 0.15) is 49.8 Å². The highest BCUT2D eigenvalue weighted by Crippen LogP contribution is 2.38. The van der Waals surface area contributed by atoms with Gasteiger partial charge in [-0.2, -0.15) is 0 Å². The van der Waals surface area contributed by atoms with E-state index in [0.29, 0.717) is 11.3 Å². The van der Waals surface area contributed by atoms with Gasteiger partial charge in [-0.1, -0.05) is 18.9 Å². The maximum absolute atomic E-state index is 10.4. The quantitative estimate of drug-likeness (QED) is 0.642. The summed E-state index contributed by atoms with van der Waals surface area (Å²) in [4.78, 5) is 0. The Morgan fingerprint density at radius 2 is 1.77 bits per heavy atom. The van der Waals surface area contributed by atoms with Crippen LogP contribution < -0.4 is 4.74 Å². The lowest BCUT2D eigenvalue weighted by atomic mass is 9.82. The molecule has 0 radical (unpaired) electrons. The van der Waals surface area contributed by atoms with Gasteiger partial charge in [0.1, 0.15) is 30.2 Å². The molecule has 1 aliphatic heterocycles. The molecule has 1 saturated carbocycles. The number of methoxy groups -OCH3 is 1. The van der Waals surface area contributed by atoms with Crippen LogP contribution in [0.4, 0.5) is 0 Å². The molecular formula is C20H30O6. The molecule has 2 fully saturated rings. The number of hydrogen-bond donors (Lipinski definition) is 4. The van der Waals surface area contributed by atoms with Gasteiger partial charge in [-0.05, 0) is 49.8 Å². The van der Waals surface area contributed by atoms with Crippen LogP contribution in [-0.2, 0) is 11.2 Å². The predicted octanol–water partition coefficient (Wildman–Crippen LogP) is 1.33. The summed E-state index contributed by atoms with van der Waals surface area (Å²) in [5, 5.41) is 40.7. The third-order valence-corrected chi connectivity index (χ3v) is 5.82. The fourth-order valence-corrected chi connectivity index (χ4v) is 4.17. The molecule has 0 amide bonds. The van der Waals surface area contributed by atoms with Crippen molar-refractivity contribution in [3.05, 3.63) is 29.3 Å². The molecule has 4 N–H and O–H groups in total. The number of rotatable bonds is 4. The number of aliphatic hydroxyl groups is 4. The van der Waals surface area contributed by atoms with Gasteiger partial charge in [0.15, 0.2) is 0 Å². The highest BCUT2D eigenvalue weighted by molar-refractivity contribution is 5.40. The Kier molecular flexibility index (Phi) is 6.20. The van der Waals surface area contributed by atoms with Crippen molar-refractivity contribution in [3.8, 4) is 5.75 Å². The molecule has 1 aromatic rings. The van der Waals surface area contributed by atoms with Crippen LogP contribution in [-0.4, -0.2) is 58.1 Å². The molecule has 1 heterocycles. The van der Waals surface area contributed by atoms with E-state index >= 15 is 0 Å². The fourth-order valence-electron chi connectivity index (χ4n) is 4.17. The maximum Gasteiger partial charge on any atom is 0.124 e. The molecule has 7 atom stereocenters. The first-order valence-corrected chi connectivity index (χ1v) is 9.47. The topological polar surface area (TPSA) is 99.4 Å². The number of hydrogen-bond acceptors (Lipinski definition) is 6. The van der Waals surface area contributed by atoms with Crippen LogP contribution >= 0.6 is 0 Å². The highest BCUT2D eigenvalue weighted by Gasteiger charge is 2.43. The summed E-state index contributed by atoms with van der Waals surface area (Å²) in [7, 11) is 1.55. The average molecular weight is 366 g/mol. The molecule has 2 aliphatic rings. The van der Waals surface area contributed by atoms with E-state index in [1.165, 1.54) is 0 Å². The highest BCUT2D eigenvalue weighted by atomic mass is 16.5. The van der Waals surface area contributed by atoms with Crippen LogP contribution in [0.15, 0.2) is 18.2 Å². The SMILES string of the molecule is COc1ccc(CC2CCCCC2O)cc1[C@H]1O[C@@H](C)[C@@H](O)[C@@H](O)[C@@H]1O. The Bertz CT molecular complexity index is 606. The molecule has 1 saturated heterocycles. The molecule has 6 nitrogen and oxygen atoms in total. The van der Waals surface area contributed by atoms with Crippen LogP contribution in [0, 0.1) is 5.92 Å². The molecular weight excluding hydrogens is 336 g/mol. The van der Waals surface area contributed by atoms with Gasteiger partial charge in [-0.3, -0.25) is 0 Å². The summed E-state index contributed by atoms with van der Waals surface area (Å²) >= 11 is 0. The summed E-state index contributed by atoms with van der Waals surface area (Å²) in [5.41, 5.74) is 1.69. The van der Waals surface area contributed by atoms with Crippen molar-refractivity contribution in [1.82, 2.24) is 0 Å². The monoisotopic (exact) mass is 366 g/mol.